The summed E-state index contributed by atoms with van der Waals surface area (Å²) in [5, 5.41) is 4.94. The molecule has 5 heteroatoms. The van der Waals surface area contributed by atoms with Crippen LogP contribution in [0.15, 0.2) is 200 Å². The van der Waals surface area contributed by atoms with E-state index in [0.29, 0.717) is 11.6 Å². The molecule has 0 amide bonds. The lowest BCUT2D eigenvalue weighted by atomic mass is 9.85. The first-order chi connectivity index (χ1) is 31.2. The molecule has 0 spiro atoms. The molecule has 3 aromatic heterocycles. The van der Waals surface area contributed by atoms with Gasteiger partial charge >= 0.3 is 0 Å². The van der Waals surface area contributed by atoms with E-state index in [1.807, 2.05) is 0 Å². The molecule has 63 heavy (non-hydrogen) atoms. The van der Waals surface area contributed by atoms with Crippen LogP contribution in [0.2, 0.25) is 0 Å². The van der Waals surface area contributed by atoms with Crippen LogP contribution in [0, 0.1) is 0 Å². The van der Waals surface area contributed by atoms with Crippen molar-refractivity contribution in [3.05, 3.63) is 217 Å². The molecule has 0 saturated heterocycles. The normalized spacial score (nSPS) is 14.9. The monoisotopic (exact) mass is 803 g/mol. The molecule has 294 valence electrons. The summed E-state index contributed by atoms with van der Waals surface area (Å²) in [5.41, 5.74) is 18.8. The molecule has 5 heterocycles. The van der Waals surface area contributed by atoms with Gasteiger partial charge < -0.3 is 9.13 Å². The van der Waals surface area contributed by atoms with Crippen molar-refractivity contribution in [3.63, 3.8) is 0 Å². The van der Waals surface area contributed by atoms with Crippen LogP contribution in [0.4, 0.5) is 0 Å². The second kappa shape index (κ2) is 13.2. The molecule has 4 aliphatic rings. The quantitative estimate of drug-likeness (QED) is 0.179. The summed E-state index contributed by atoms with van der Waals surface area (Å²) in [4.78, 5) is 16.3. The summed E-state index contributed by atoms with van der Waals surface area (Å²) in [5.74, 6) is 2.08. The predicted octanol–water partition coefficient (Wildman–Crippen LogP) is 14.1. The molecule has 1 atom stereocenters. The zero-order valence-corrected chi connectivity index (χ0v) is 34.2. The minimum Gasteiger partial charge on any atom is -0.309 e. The Morgan fingerprint density at radius 2 is 1.02 bits per heavy atom. The molecule has 8 aromatic carbocycles. The molecule has 0 unspecified atom stereocenters. The molecule has 0 N–H and O–H groups in total. The van der Waals surface area contributed by atoms with Crippen molar-refractivity contribution in [3.8, 4) is 56.4 Å². The van der Waals surface area contributed by atoms with Crippen LogP contribution in [0.5, 0.6) is 0 Å². The molecular weight excluding hydrogens is 767 g/mol. The number of nitrogens with zero attached hydrogens (tertiary/aromatic N) is 5. The van der Waals surface area contributed by atoms with Gasteiger partial charge in [0.1, 0.15) is 5.82 Å². The maximum absolute atomic E-state index is 5.51. The summed E-state index contributed by atoms with van der Waals surface area (Å²) in [7, 11) is 0. The highest BCUT2D eigenvalue weighted by molar-refractivity contribution is 6.12. The van der Waals surface area contributed by atoms with Crippen molar-refractivity contribution < 1.29 is 0 Å². The highest BCUT2D eigenvalue weighted by atomic mass is 15.0. The fourth-order valence-corrected chi connectivity index (χ4v) is 10.9. The van der Waals surface area contributed by atoms with Crippen molar-refractivity contribution in [2.45, 2.75) is 18.8 Å². The fourth-order valence-electron chi connectivity index (χ4n) is 10.9. The lowest BCUT2D eigenvalue weighted by Crippen LogP contribution is -2.12. The first-order valence-electron chi connectivity index (χ1n) is 21.8. The molecule has 0 radical (unpaired) electrons. The maximum Gasteiger partial charge on any atom is 0.164 e. The minimum absolute atomic E-state index is 0.0800. The predicted molar refractivity (Wildman–Crippen MR) is 257 cm³/mol. The topological polar surface area (TPSA) is 48.5 Å². The highest BCUT2D eigenvalue weighted by Crippen LogP contribution is 2.50. The minimum atomic E-state index is -0.0800. The van der Waals surface area contributed by atoms with Crippen molar-refractivity contribution in [2.24, 2.45) is 0 Å². The highest BCUT2D eigenvalue weighted by Gasteiger charge is 2.35. The Balaban J connectivity index is 1.09. The Morgan fingerprint density at radius 3 is 1.78 bits per heavy atom. The molecule has 2 aliphatic carbocycles. The van der Waals surface area contributed by atoms with Crippen LogP contribution < -0.4 is 0 Å². The summed E-state index contributed by atoms with van der Waals surface area (Å²) >= 11 is 0. The third-order valence-electron chi connectivity index (χ3n) is 13.7. The molecule has 8 bridgehead atoms. The Morgan fingerprint density at radius 1 is 0.429 bits per heavy atom. The summed E-state index contributed by atoms with van der Waals surface area (Å²) < 4.78 is 5.00. The Hall–Kier alpha value is -8.15. The Bertz CT molecular complexity index is 3740. The first-order valence-corrected chi connectivity index (χ1v) is 21.8. The standard InChI is InChI=1S/C58H37N5/c1-2-13-35(14-3-1)36-25-27-37(28-26-36)56-59-57-45-20-5-4-16-41(45)38-29-30-53-47(31-38)44-19-8-9-22-50(44)62(53)40-33-49-48(32-39-15-12-21-46(55(39)49)58(60-56)61-57)54(34-40)63-51-23-10-6-17-42(51)43-18-7-11-24-52(43)63/h1-20,22-31,33-34,46H,21,32H2/t46-/m0/s1. The van der Waals surface area contributed by atoms with E-state index < -0.39 is 0 Å². The number of rotatable bonds is 3. The number of hydrogen-bond donors (Lipinski definition) is 0. The van der Waals surface area contributed by atoms with E-state index in [1.54, 1.807) is 0 Å². The van der Waals surface area contributed by atoms with Gasteiger partial charge in [0.2, 0.25) is 0 Å². The third-order valence-corrected chi connectivity index (χ3v) is 13.7. The van der Waals surface area contributed by atoms with Gasteiger partial charge in [-0.25, -0.2) is 15.0 Å². The number of benzene rings is 8. The van der Waals surface area contributed by atoms with Crippen molar-refractivity contribution in [2.75, 3.05) is 0 Å². The third kappa shape index (κ3) is 5.08. The van der Waals surface area contributed by atoms with E-state index in [9.17, 15) is 0 Å². The summed E-state index contributed by atoms with van der Waals surface area (Å²) in [6.45, 7) is 0. The van der Waals surface area contributed by atoms with Crippen molar-refractivity contribution in [1.82, 2.24) is 24.1 Å². The lowest BCUT2D eigenvalue weighted by Gasteiger charge is -2.23. The van der Waals surface area contributed by atoms with E-state index in [-0.39, 0.29) is 5.92 Å². The van der Waals surface area contributed by atoms with Crippen LogP contribution in [0.3, 0.4) is 0 Å². The molecule has 0 saturated carbocycles. The van der Waals surface area contributed by atoms with Gasteiger partial charge in [-0.1, -0.05) is 152 Å². The van der Waals surface area contributed by atoms with Crippen LogP contribution in [-0.4, -0.2) is 24.1 Å². The molecule has 5 nitrogen and oxygen atoms in total. The van der Waals surface area contributed by atoms with Gasteiger partial charge in [0, 0.05) is 50.7 Å². The van der Waals surface area contributed by atoms with Gasteiger partial charge in [0.15, 0.2) is 11.6 Å². The van der Waals surface area contributed by atoms with Gasteiger partial charge in [-0.05, 0) is 93.4 Å². The average Bonchev–Trinajstić information content (AvgIpc) is 4.01. The number of aromatic nitrogens is 5. The van der Waals surface area contributed by atoms with E-state index >= 15 is 0 Å². The summed E-state index contributed by atoms with van der Waals surface area (Å²) in [6, 6.07) is 66.2. The molecular formula is C58H37N5. The van der Waals surface area contributed by atoms with E-state index in [1.165, 1.54) is 77.1 Å². The molecule has 15 rings (SSSR count). The Kier molecular flexibility index (Phi) is 7.22. The van der Waals surface area contributed by atoms with Gasteiger partial charge in [-0.3, -0.25) is 0 Å². The second-order valence-electron chi connectivity index (χ2n) is 17.1. The van der Waals surface area contributed by atoms with Gasteiger partial charge in [-0.2, -0.15) is 0 Å². The first kappa shape index (κ1) is 34.6. The van der Waals surface area contributed by atoms with Gasteiger partial charge in [0.25, 0.3) is 0 Å². The number of allylic oxidation sites excluding steroid dienone is 4. The molecule has 11 aromatic rings. The van der Waals surface area contributed by atoms with Crippen LogP contribution in [0.25, 0.3) is 106 Å². The van der Waals surface area contributed by atoms with Crippen LogP contribution in [0.1, 0.15) is 29.3 Å². The van der Waals surface area contributed by atoms with E-state index in [0.717, 1.165) is 52.2 Å². The van der Waals surface area contributed by atoms with Gasteiger partial charge in [-0.15, -0.1) is 0 Å². The second-order valence-corrected chi connectivity index (χ2v) is 17.1. The average molecular weight is 804 g/mol. The number of fused-ring (bicyclic) bond motifs is 5. The van der Waals surface area contributed by atoms with Gasteiger partial charge in [0.05, 0.1) is 27.8 Å². The number of hydrogen-bond acceptors (Lipinski definition) is 3. The van der Waals surface area contributed by atoms with Crippen molar-refractivity contribution in [1.29, 1.82) is 0 Å². The lowest BCUT2D eigenvalue weighted by molar-refractivity contribution is 0.777. The Labute approximate surface area is 363 Å². The van der Waals surface area contributed by atoms with Crippen molar-refractivity contribution >= 4 is 49.2 Å². The van der Waals surface area contributed by atoms with Crippen LogP contribution >= 0.6 is 0 Å². The summed E-state index contributed by atoms with van der Waals surface area (Å²) in [6.07, 6.45) is 6.30. The van der Waals surface area contributed by atoms with E-state index in [4.69, 9.17) is 15.0 Å². The number of para-hydroxylation sites is 3. The fraction of sp³-hybridized carbons (Fsp3) is 0.0517. The zero-order chi connectivity index (χ0) is 41.2. The molecule has 0 fully saturated rings. The smallest absolute Gasteiger partial charge is 0.164 e. The SMILES string of the molecule is C1=CC2=C3c4cc(cc(-n5c6ccccc6c6ccccc65)c4C2)-n2c4ccccc4c4cc(ccc42)-c2ccccc2-c2nc(-c4ccc(-c5ccccc5)cc4)nc(n2)[C@H]3C1. The van der Waals surface area contributed by atoms with Crippen LogP contribution in [-0.2, 0) is 6.42 Å². The van der Waals surface area contributed by atoms with E-state index in [2.05, 4.69) is 203 Å². The maximum atomic E-state index is 5.51. The largest absolute Gasteiger partial charge is 0.309 e. The molecule has 2 aliphatic heterocycles. The zero-order valence-electron chi connectivity index (χ0n) is 34.2.